The fraction of sp³-hybridized carbons (Fsp3) is 0.846. The smallest absolute Gasteiger partial charge is 0.326 e. The molecular formula is C13H25NO3. The van der Waals surface area contributed by atoms with Crippen LogP contribution in [0.2, 0.25) is 0 Å². The summed E-state index contributed by atoms with van der Waals surface area (Å²) < 4.78 is 0. The van der Waals surface area contributed by atoms with Crippen LogP contribution < -0.4 is 5.32 Å². The number of carbonyl (C=O) groups excluding carboxylic acids is 1. The molecule has 0 fully saturated rings. The summed E-state index contributed by atoms with van der Waals surface area (Å²) in [5, 5.41) is 11.6. The molecule has 0 saturated carbocycles. The lowest BCUT2D eigenvalue weighted by atomic mass is 9.81. The van der Waals surface area contributed by atoms with Crippen LogP contribution in [0.25, 0.3) is 0 Å². The fourth-order valence-electron chi connectivity index (χ4n) is 1.36. The SMILES string of the molecule is CCCCC(NC(=O)C(C)C(C)(C)C)C(=O)O. The van der Waals surface area contributed by atoms with E-state index in [1.807, 2.05) is 34.6 Å². The van der Waals surface area contributed by atoms with Crippen LogP contribution in [0.3, 0.4) is 0 Å². The van der Waals surface area contributed by atoms with Gasteiger partial charge in [-0.2, -0.15) is 0 Å². The highest BCUT2D eigenvalue weighted by Gasteiger charge is 2.29. The number of hydrogen-bond acceptors (Lipinski definition) is 2. The number of carboxylic acids is 1. The number of nitrogens with one attached hydrogen (secondary N) is 1. The fourth-order valence-corrected chi connectivity index (χ4v) is 1.36. The van der Waals surface area contributed by atoms with Crippen LogP contribution in [0.15, 0.2) is 0 Å². The molecule has 0 aromatic rings. The molecule has 0 bridgehead atoms. The topological polar surface area (TPSA) is 66.4 Å². The van der Waals surface area contributed by atoms with Gasteiger partial charge in [-0.25, -0.2) is 4.79 Å². The highest BCUT2D eigenvalue weighted by Crippen LogP contribution is 2.25. The highest BCUT2D eigenvalue weighted by atomic mass is 16.4. The van der Waals surface area contributed by atoms with E-state index in [4.69, 9.17) is 5.11 Å². The van der Waals surface area contributed by atoms with Crippen LogP contribution in [-0.2, 0) is 9.59 Å². The Hall–Kier alpha value is -1.06. The second-order valence-electron chi connectivity index (χ2n) is 5.63. The minimum Gasteiger partial charge on any atom is -0.480 e. The van der Waals surface area contributed by atoms with Crippen LogP contribution in [0.5, 0.6) is 0 Å². The van der Waals surface area contributed by atoms with E-state index in [0.717, 1.165) is 12.8 Å². The van der Waals surface area contributed by atoms with E-state index in [1.54, 1.807) is 0 Å². The van der Waals surface area contributed by atoms with Crippen molar-refractivity contribution in [1.29, 1.82) is 0 Å². The third kappa shape index (κ3) is 5.71. The maximum atomic E-state index is 11.9. The van der Waals surface area contributed by atoms with Gasteiger partial charge in [0.15, 0.2) is 0 Å². The van der Waals surface area contributed by atoms with Crippen LogP contribution in [0.4, 0.5) is 0 Å². The molecule has 2 N–H and O–H groups in total. The van der Waals surface area contributed by atoms with Gasteiger partial charge in [0.1, 0.15) is 6.04 Å². The Morgan fingerprint density at radius 1 is 1.29 bits per heavy atom. The number of carboxylic acid groups (broad SMARTS) is 1. The van der Waals surface area contributed by atoms with Gasteiger partial charge in [-0.3, -0.25) is 4.79 Å². The van der Waals surface area contributed by atoms with Crippen molar-refractivity contribution in [3.05, 3.63) is 0 Å². The predicted octanol–water partition coefficient (Wildman–Crippen LogP) is 2.43. The van der Waals surface area contributed by atoms with Gasteiger partial charge >= 0.3 is 5.97 Å². The summed E-state index contributed by atoms with van der Waals surface area (Å²) in [6.45, 7) is 9.74. The van der Waals surface area contributed by atoms with E-state index in [0.29, 0.717) is 6.42 Å². The first-order chi connectivity index (χ1) is 7.70. The molecular weight excluding hydrogens is 218 g/mol. The number of hydrogen-bond donors (Lipinski definition) is 2. The van der Waals surface area contributed by atoms with Crippen molar-refractivity contribution in [2.75, 3.05) is 0 Å². The summed E-state index contributed by atoms with van der Waals surface area (Å²) >= 11 is 0. The molecule has 17 heavy (non-hydrogen) atoms. The molecule has 100 valence electrons. The Kier molecular flexibility index (Phi) is 6.21. The summed E-state index contributed by atoms with van der Waals surface area (Å²) in [5.41, 5.74) is -0.155. The Bertz CT molecular complexity index is 268. The summed E-state index contributed by atoms with van der Waals surface area (Å²) in [7, 11) is 0. The van der Waals surface area contributed by atoms with Crippen molar-refractivity contribution < 1.29 is 14.7 Å². The van der Waals surface area contributed by atoms with Crippen molar-refractivity contribution in [3.8, 4) is 0 Å². The van der Waals surface area contributed by atoms with Crippen molar-refractivity contribution in [1.82, 2.24) is 5.32 Å². The second kappa shape index (κ2) is 6.62. The van der Waals surface area contributed by atoms with Gasteiger partial charge in [-0.05, 0) is 11.8 Å². The van der Waals surface area contributed by atoms with Gasteiger partial charge < -0.3 is 10.4 Å². The Labute approximate surface area is 104 Å². The molecule has 4 heteroatoms. The van der Waals surface area contributed by atoms with Crippen LogP contribution in [-0.4, -0.2) is 23.0 Å². The molecule has 0 spiro atoms. The average Bonchev–Trinajstić information content (AvgIpc) is 2.20. The van der Waals surface area contributed by atoms with Crippen LogP contribution >= 0.6 is 0 Å². The first-order valence-electron chi connectivity index (χ1n) is 6.23. The van der Waals surface area contributed by atoms with Gasteiger partial charge in [-0.1, -0.05) is 47.5 Å². The predicted molar refractivity (Wildman–Crippen MR) is 67.7 cm³/mol. The molecule has 2 atom stereocenters. The van der Waals surface area contributed by atoms with E-state index in [-0.39, 0.29) is 17.2 Å². The number of unbranched alkanes of at least 4 members (excludes halogenated alkanes) is 1. The third-order valence-corrected chi connectivity index (χ3v) is 3.15. The number of aliphatic carboxylic acids is 1. The molecule has 0 aromatic heterocycles. The average molecular weight is 243 g/mol. The summed E-state index contributed by atoms with van der Waals surface area (Å²) in [5.74, 6) is -1.33. The lowest BCUT2D eigenvalue weighted by Gasteiger charge is -2.27. The molecule has 0 aliphatic rings. The zero-order chi connectivity index (χ0) is 13.6. The monoisotopic (exact) mass is 243 g/mol. The van der Waals surface area contributed by atoms with Crippen LogP contribution in [0.1, 0.15) is 53.9 Å². The lowest BCUT2D eigenvalue weighted by Crippen LogP contribution is -2.45. The number of rotatable bonds is 6. The maximum absolute atomic E-state index is 11.9. The van der Waals surface area contributed by atoms with Crippen molar-refractivity contribution in [2.24, 2.45) is 11.3 Å². The summed E-state index contributed by atoms with van der Waals surface area (Å²) in [6, 6.07) is -0.757. The molecule has 0 radical (unpaired) electrons. The van der Waals surface area contributed by atoms with Gasteiger partial charge in [0.05, 0.1) is 0 Å². The largest absolute Gasteiger partial charge is 0.480 e. The van der Waals surface area contributed by atoms with Crippen molar-refractivity contribution in [2.45, 2.75) is 59.9 Å². The van der Waals surface area contributed by atoms with E-state index in [9.17, 15) is 9.59 Å². The summed E-state index contributed by atoms with van der Waals surface area (Å²) in [4.78, 5) is 22.9. The van der Waals surface area contributed by atoms with Gasteiger partial charge in [0.25, 0.3) is 0 Å². The Balaban J connectivity index is 4.45. The molecule has 0 aliphatic carbocycles. The molecule has 0 saturated heterocycles. The maximum Gasteiger partial charge on any atom is 0.326 e. The highest BCUT2D eigenvalue weighted by molar-refractivity contribution is 5.85. The van der Waals surface area contributed by atoms with Gasteiger partial charge in [0.2, 0.25) is 5.91 Å². The molecule has 0 aliphatic heterocycles. The van der Waals surface area contributed by atoms with E-state index in [2.05, 4.69) is 5.32 Å². The molecule has 0 heterocycles. The quantitative estimate of drug-likeness (QED) is 0.753. The Morgan fingerprint density at radius 3 is 2.18 bits per heavy atom. The standard InChI is InChI=1S/C13H25NO3/c1-6-7-8-10(12(16)17)14-11(15)9(2)13(3,4)5/h9-10H,6-8H2,1-5H3,(H,14,15)(H,16,17). The van der Waals surface area contributed by atoms with Gasteiger partial charge in [-0.15, -0.1) is 0 Å². The van der Waals surface area contributed by atoms with E-state index < -0.39 is 12.0 Å². The second-order valence-corrected chi connectivity index (χ2v) is 5.63. The molecule has 4 nitrogen and oxygen atoms in total. The van der Waals surface area contributed by atoms with Crippen molar-refractivity contribution in [3.63, 3.8) is 0 Å². The Morgan fingerprint density at radius 2 is 1.82 bits per heavy atom. The molecule has 0 rings (SSSR count). The first kappa shape index (κ1) is 15.9. The normalized spacial score (nSPS) is 15.1. The third-order valence-electron chi connectivity index (χ3n) is 3.15. The number of amides is 1. The lowest BCUT2D eigenvalue weighted by molar-refractivity contribution is -0.143. The number of carbonyl (C=O) groups is 2. The summed E-state index contributed by atoms with van der Waals surface area (Å²) in [6.07, 6.45) is 2.23. The molecule has 0 aromatic carbocycles. The zero-order valence-corrected chi connectivity index (χ0v) is 11.5. The molecule has 2 unspecified atom stereocenters. The first-order valence-corrected chi connectivity index (χ1v) is 6.23. The zero-order valence-electron chi connectivity index (χ0n) is 11.5. The van der Waals surface area contributed by atoms with E-state index in [1.165, 1.54) is 0 Å². The van der Waals surface area contributed by atoms with Crippen molar-refractivity contribution >= 4 is 11.9 Å². The minimum absolute atomic E-state index is 0.155. The van der Waals surface area contributed by atoms with Crippen LogP contribution in [0, 0.1) is 11.3 Å². The van der Waals surface area contributed by atoms with Gasteiger partial charge in [0, 0.05) is 5.92 Å². The molecule has 1 amide bonds. The minimum atomic E-state index is -0.951. The van der Waals surface area contributed by atoms with E-state index >= 15 is 0 Å².